The second kappa shape index (κ2) is 24.4. The number of aliphatic hydroxyl groups excluding tert-OH is 2. The van der Waals surface area contributed by atoms with Crippen LogP contribution >= 0.6 is 0 Å². The lowest BCUT2D eigenvalue weighted by Gasteiger charge is -2.41. The molecule has 1 saturated carbocycles. The maximum Gasteiger partial charge on any atom is 0.329 e. The van der Waals surface area contributed by atoms with E-state index in [1.54, 1.807) is 41.1 Å². The van der Waals surface area contributed by atoms with Gasteiger partial charge in [-0.1, -0.05) is 71.1 Å². The minimum absolute atomic E-state index is 0.0199. The van der Waals surface area contributed by atoms with Crippen molar-refractivity contribution in [2.75, 3.05) is 27.9 Å². The largest absolute Gasteiger partial charge is 0.460 e. The maximum atomic E-state index is 14.2. The van der Waals surface area contributed by atoms with Gasteiger partial charge in [0, 0.05) is 58.5 Å². The average molecular weight is 900 g/mol. The SMILES string of the molecule is COC1CC2CCC(C)C(O)(O2)C(=O)C(=O)N2CCCC2C(=O)OC(C(C)CC2CCC(O)C(OC)C2)CC(=O)C(C)/C=C(\C)C(O)C(OC)C(=O)C(C)CC(C)/C=C/C=C/C=C/1C. The molecule has 2 bridgehead atoms. The van der Waals surface area contributed by atoms with Crippen LogP contribution in [0.3, 0.4) is 0 Å². The van der Waals surface area contributed by atoms with Crippen molar-refractivity contribution in [1.82, 2.24) is 4.90 Å². The van der Waals surface area contributed by atoms with Crippen LogP contribution in [0, 0.1) is 35.5 Å². The zero-order valence-corrected chi connectivity index (χ0v) is 39.9. The smallest absolute Gasteiger partial charge is 0.329 e. The first kappa shape index (κ1) is 53.2. The number of hydrogen-bond acceptors (Lipinski definition) is 13. The predicted octanol–water partition coefficient (Wildman–Crippen LogP) is 5.79. The molecule has 0 aromatic rings. The Hall–Kier alpha value is -3.37. The van der Waals surface area contributed by atoms with Crippen LogP contribution in [0.25, 0.3) is 0 Å². The molecule has 4 rings (SSSR count). The highest BCUT2D eigenvalue weighted by Gasteiger charge is 2.53. The molecule has 0 radical (unpaired) electrons. The number of ether oxygens (including phenoxy) is 5. The number of rotatable bonds is 6. The molecule has 15 atom stereocenters. The van der Waals surface area contributed by atoms with Crippen LogP contribution < -0.4 is 0 Å². The first-order valence-corrected chi connectivity index (χ1v) is 23.4. The summed E-state index contributed by atoms with van der Waals surface area (Å²) in [7, 11) is 4.51. The van der Waals surface area contributed by atoms with Crippen LogP contribution in [-0.2, 0) is 47.7 Å². The Morgan fingerprint density at radius 3 is 2.25 bits per heavy atom. The molecular formula is C50H77NO13. The summed E-state index contributed by atoms with van der Waals surface area (Å²) in [6.45, 7) is 12.7. The number of nitrogens with zero attached hydrogens (tertiary/aromatic N) is 1. The topological polar surface area (TPSA) is 195 Å². The molecule has 1 amide bonds. The normalized spacial score (nSPS) is 40.7. The molecule has 3 N–H and O–H groups in total. The third kappa shape index (κ3) is 13.6. The summed E-state index contributed by atoms with van der Waals surface area (Å²) in [4.78, 5) is 71.2. The summed E-state index contributed by atoms with van der Waals surface area (Å²) < 4.78 is 29.2. The van der Waals surface area contributed by atoms with Crippen molar-refractivity contribution in [2.24, 2.45) is 35.5 Å². The number of ketones is 3. The zero-order chi connectivity index (χ0) is 47.5. The van der Waals surface area contributed by atoms with Crippen molar-refractivity contribution in [2.45, 2.75) is 174 Å². The Morgan fingerprint density at radius 2 is 1.58 bits per heavy atom. The number of amides is 1. The van der Waals surface area contributed by atoms with Gasteiger partial charge >= 0.3 is 5.97 Å². The van der Waals surface area contributed by atoms with E-state index in [0.717, 1.165) is 16.9 Å². The van der Waals surface area contributed by atoms with E-state index in [1.165, 1.54) is 7.11 Å². The van der Waals surface area contributed by atoms with Gasteiger partial charge in [0.2, 0.25) is 5.79 Å². The molecule has 0 spiro atoms. The van der Waals surface area contributed by atoms with Crippen LogP contribution in [0.15, 0.2) is 47.6 Å². The molecule has 2 saturated heterocycles. The summed E-state index contributed by atoms with van der Waals surface area (Å²) in [6, 6.07) is -1.13. The van der Waals surface area contributed by atoms with Crippen LogP contribution in [-0.4, -0.2) is 132 Å². The second-order valence-electron chi connectivity index (χ2n) is 19.2. The van der Waals surface area contributed by atoms with E-state index < -0.39 is 83.9 Å². The Morgan fingerprint density at radius 1 is 0.859 bits per heavy atom. The Bertz CT molecular complexity index is 1740. The summed E-state index contributed by atoms with van der Waals surface area (Å²) in [5.41, 5.74) is 1.26. The highest BCUT2D eigenvalue weighted by atomic mass is 16.6. The van der Waals surface area contributed by atoms with E-state index >= 15 is 0 Å². The van der Waals surface area contributed by atoms with Gasteiger partial charge in [0.1, 0.15) is 30.1 Å². The number of carbonyl (C=O) groups excluding carboxylic acids is 5. The monoisotopic (exact) mass is 900 g/mol. The Balaban J connectivity index is 1.68. The number of fused-ring (bicyclic) bond motifs is 3. The molecule has 1 aliphatic carbocycles. The fourth-order valence-electron chi connectivity index (χ4n) is 9.95. The number of allylic oxidation sites excluding steroid dienone is 6. The van der Waals surface area contributed by atoms with Crippen LogP contribution in [0.5, 0.6) is 0 Å². The van der Waals surface area contributed by atoms with E-state index in [4.69, 9.17) is 23.7 Å². The molecule has 4 aliphatic rings. The highest BCUT2D eigenvalue weighted by Crippen LogP contribution is 2.38. The Kier molecular flexibility index (Phi) is 20.3. The van der Waals surface area contributed by atoms with Crippen molar-refractivity contribution in [3.05, 3.63) is 47.6 Å². The summed E-state index contributed by atoms with van der Waals surface area (Å²) in [5.74, 6) is -7.97. The lowest BCUT2D eigenvalue weighted by Crippen LogP contribution is -2.59. The van der Waals surface area contributed by atoms with Crippen molar-refractivity contribution >= 4 is 29.2 Å². The van der Waals surface area contributed by atoms with Gasteiger partial charge in [0.05, 0.1) is 24.4 Å². The van der Waals surface area contributed by atoms with Crippen molar-refractivity contribution in [3.8, 4) is 0 Å². The van der Waals surface area contributed by atoms with Crippen molar-refractivity contribution < 1.29 is 63.0 Å². The van der Waals surface area contributed by atoms with Crippen LogP contribution in [0.4, 0.5) is 0 Å². The van der Waals surface area contributed by atoms with Gasteiger partial charge in [-0.25, -0.2) is 4.79 Å². The van der Waals surface area contributed by atoms with E-state index in [2.05, 4.69) is 0 Å². The number of cyclic esters (lactones) is 1. The molecule has 0 aromatic carbocycles. The molecule has 14 nitrogen and oxygen atoms in total. The van der Waals surface area contributed by atoms with Crippen molar-refractivity contribution in [3.63, 3.8) is 0 Å². The van der Waals surface area contributed by atoms with E-state index in [-0.39, 0.29) is 54.8 Å². The van der Waals surface area contributed by atoms with Gasteiger partial charge in [-0.05, 0) is 101 Å². The number of carbonyl (C=O) groups is 5. The zero-order valence-electron chi connectivity index (χ0n) is 39.9. The van der Waals surface area contributed by atoms with E-state index in [1.807, 2.05) is 58.1 Å². The highest BCUT2D eigenvalue weighted by molar-refractivity contribution is 6.39. The van der Waals surface area contributed by atoms with Gasteiger partial charge < -0.3 is 43.9 Å². The minimum atomic E-state index is -2.42. The first-order valence-electron chi connectivity index (χ1n) is 23.4. The first-order chi connectivity index (χ1) is 30.2. The van der Waals surface area contributed by atoms with E-state index in [9.17, 15) is 39.3 Å². The molecule has 14 heteroatoms. The standard InChI is InChI=1S/C50H77NO13/c1-29-15-12-11-13-16-30(2)41(60-8)27-37-20-18-35(7)50(59,64-37)47(56)48(57)51-22-14-17-38(51)49(58)63-42(32(4)25-36-19-21-39(52)43(26-36)61-9)28-40(53)31(3)24-34(6)45(55)46(62-10)44(54)33(5)23-29/h11-13,15-16,24,29,31-33,35-39,41-43,45-46,52,55,59H,14,17-23,25-28H2,1-10H3/b13-11+,15-12+,30-16+,34-24+. The lowest BCUT2D eigenvalue weighted by molar-refractivity contribution is -0.265. The number of esters is 1. The van der Waals surface area contributed by atoms with Gasteiger partial charge in [-0.2, -0.15) is 0 Å². The van der Waals surface area contributed by atoms with Gasteiger partial charge in [-0.15, -0.1) is 0 Å². The molecule has 3 aliphatic heterocycles. The minimum Gasteiger partial charge on any atom is -0.460 e. The van der Waals surface area contributed by atoms with Gasteiger partial charge in [-0.3, -0.25) is 19.2 Å². The number of Topliss-reactive ketones (excluding diaryl/α,β-unsaturated/α-hetero) is 3. The lowest BCUT2D eigenvalue weighted by atomic mass is 9.78. The third-order valence-corrected chi connectivity index (χ3v) is 14.2. The quantitative estimate of drug-likeness (QED) is 0.165. The molecule has 15 unspecified atom stereocenters. The van der Waals surface area contributed by atoms with Crippen LogP contribution in [0.2, 0.25) is 0 Å². The fourth-order valence-corrected chi connectivity index (χ4v) is 9.95. The number of aliphatic hydroxyl groups is 3. The van der Waals surface area contributed by atoms with Gasteiger partial charge in [0.15, 0.2) is 5.78 Å². The van der Waals surface area contributed by atoms with Crippen molar-refractivity contribution in [1.29, 1.82) is 0 Å². The van der Waals surface area contributed by atoms with Gasteiger partial charge in [0.25, 0.3) is 11.7 Å². The summed E-state index contributed by atoms with van der Waals surface area (Å²) in [6.07, 6.45) is 10.5. The van der Waals surface area contributed by atoms with E-state index in [0.29, 0.717) is 56.9 Å². The summed E-state index contributed by atoms with van der Waals surface area (Å²) in [5, 5.41) is 33.7. The summed E-state index contributed by atoms with van der Waals surface area (Å²) >= 11 is 0. The maximum absolute atomic E-state index is 14.2. The Labute approximate surface area is 380 Å². The predicted molar refractivity (Wildman–Crippen MR) is 241 cm³/mol. The molecule has 360 valence electrons. The number of methoxy groups -OCH3 is 3. The molecule has 3 fully saturated rings. The fraction of sp³-hybridized carbons (Fsp3) is 0.740. The van der Waals surface area contributed by atoms with Crippen LogP contribution in [0.1, 0.15) is 119 Å². The molecule has 0 aromatic heterocycles. The molecule has 64 heavy (non-hydrogen) atoms. The number of hydrogen-bond donors (Lipinski definition) is 3. The third-order valence-electron chi connectivity index (χ3n) is 14.2. The average Bonchev–Trinajstić information content (AvgIpc) is 3.76. The molecule has 3 heterocycles. The second-order valence-corrected chi connectivity index (χ2v) is 19.2. The molecular weight excluding hydrogens is 823 g/mol.